The molecule has 1 heterocycles. The first kappa shape index (κ1) is 13.1. The van der Waals surface area contributed by atoms with Gasteiger partial charge in [-0.1, -0.05) is 17.7 Å². The molecule has 1 saturated heterocycles. The monoisotopic (exact) mass is 246 g/mol. The Hall–Kier alpha value is -1.35. The van der Waals surface area contributed by atoms with Crippen LogP contribution in [0, 0.1) is 20.8 Å². The molecular formula is C15H22N2O. The van der Waals surface area contributed by atoms with Crippen LogP contribution in [0.1, 0.15) is 41.0 Å². The summed E-state index contributed by atoms with van der Waals surface area (Å²) in [4.78, 5) is 11.3. The summed E-state index contributed by atoms with van der Waals surface area (Å²) in [5.41, 5.74) is 10.8. The van der Waals surface area contributed by atoms with Gasteiger partial charge in [-0.2, -0.15) is 0 Å². The van der Waals surface area contributed by atoms with E-state index in [-0.39, 0.29) is 11.9 Å². The summed E-state index contributed by atoms with van der Waals surface area (Å²) in [6.45, 7) is 7.32. The number of piperidine rings is 1. The number of primary amides is 1. The Morgan fingerprint density at radius 1 is 1.28 bits per heavy atom. The summed E-state index contributed by atoms with van der Waals surface area (Å²) in [5, 5.41) is 3.19. The summed E-state index contributed by atoms with van der Waals surface area (Å²) in [6, 6.07) is 4.27. The topological polar surface area (TPSA) is 55.1 Å². The summed E-state index contributed by atoms with van der Waals surface area (Å²) in [5.74, 6) is 0.214. The van der Waals surface area contributed by atoms with E-state index in [1.807, 2.05) is 0 Å². The molecule has 2 unspecified atom stereocenters. The molecule has 0 saturated carbocycles. The number of hydrogen-bond acceptors (Lipinski definition) is 2. The third-order valence-corrected chi connectivity index (χ3v) is 3.89. The third kappa shape index (κ3) is 2.56. The summed E-state index contributed by atoms with van der Waals surface area (Å²) < 4.78 is 0. The number of benzene rings is 1. The van der Waals surface area contributed by atoms with Gasteiger partial charge in [-0.3, -0.25) is 4.79 Å². The SMILES string of the molecule is Cc1cc(C)c(C2CCNC(C(N)=O)C2)c(C)c1. The molecule has 1 aromatic carbocycles. The van der Waals surface area contributed by atoms with Gasteiger partial charge < -0.3 is 11.1 Å². The van der Waals surface area contributed by atoms with Gasteiger partial charge in [-0.25, -0.2) is 0 Å². The van der Waals surface area contributed by atoms with E-state index in [1.54, 1.807) is 0 Å². The smallest absolute Gasteiger partial charge is 0.234 e. The van der Waals surface area contributed by atoms with Crippen LogP contribution in [0.15, 0.2) is 12.1 Å². The second kappa shape index (κ2) is 5.11. The zero-order valence-electron chi connectivity index (χ0n) is 11.4. The summed E-state index contributed by atoms with van der Waals surface area (Å²) >= 11 is 0. The molecule has 3 heteroatoms. The summed E-state index contributed by atoms with van der Waals surface area (Å²) in [7, 11) is 0. The maximum Gasteiger partial charge on any atom is 0.234 e. The number of carbonyl (C=O) groups excluding carboxylic acids is 1. The third-order valence-electron chi connectivity index (χ3n) is 3.89. The molecule has 1 aliphatic heterocycles. The second-order valence-electron chi connectivity index (χ2n) is 5.44. The molecule has 18 heavy (non-hydrogen) atoms. The minimum atomic E-state index is -0.234. The number of nitrogens with one attached hydrogen (secondary N) is 1. The number of amides is 1. The minimum Gasteiger partial charge on any atom is -0.368 e. The largest absolute Gasteiger partial charge is 0.368 e. The van der Waals surface area contributed by atoms with Crippen molar-refractivity contribution in [1.29, 1.82) is 0 Å². The van der Waals surface area contributed by atoms with Gasteiger partial charge in [0, 0.05) is 0 Å². The molecule has 1 aliphatic rings. The van der Waals surface area contributed by atoms with Crippen molar-refractivity contribution in [2.24, 2.45) is 5.73 Å². The highest BCUT2D eigenvalue weighted by molar-refractivity contribution is 5.80. The fourth-order valence-electron chi connectivity index (χ4n) is 3.23. The molecule has 98 valence electrons. The predicted molar refractivity (Wildman–Crippen MR) is 73.6 cm³/mol. The molecule has 2 rings (SSSR count). The molecule has 1 aromatic rings. The first-order chi connectivity index (χ1) is 8.49. The molecule has 0 bridgehead atoms. The van der Waals surface area contributed by atoms with Crippen LogP contribution >= 0.6 is 0 Å². The molecule has 0 radical (unpaired) electrons. The number of rotatable bonds is 2. The van der Waals surface area contributed by atoms with Crippen molar-refractivity contribution in [2.75, 3.05) is 6.54 Å². The fraction of sp³-hybridized carbons (Fsp3) is 0.533. The number of hydrogen-bond donors (Lipinski definition) is 2. The molecule has 1 amide bonds. The van der Waals surface area contributed by atoms with Crippen LogP contribution in [-0.2, 0) is 4.79 Å². The lowest BCUT2D eigenvalue weighted by atomic mass is 9.81. The molecule has 1 fully saturated rings. The van der Waals surface area contributed by atoms with E-state index in [0.717, 1.165) is 19.4 Å². The normalized spacial score (nSPS) is 23.9. The van der Waals surface area contributed by atoms with E-state index in [1.165, 1.54) is 22.3 Å². The van der Waals surface area contributed by atoms with Gasteiger partial charge in [-0.05, 0) is 62.8 Å². The van der Waals surface area contributed by atoms with Crippen LogP contribution in [0.5, 0.6) is 0 Å². The Balaban J connectivity index is 2.29. The van der Waals surface area contributed by atoms with E-state index in [4.69, 9.17) is 5.73 Å². The van der Waals surface area contributed by atoms with Gasteiger partial charge in [0.2, 0.25) is 5.91 Å². The van der Waals surface area contributed by atoms with Crippen molar-refractivity contribution in [3.8, 4) is 0 Å². The zero-order valence-corrected chi connectivity index (χ0v) is 11.4. The molecule has 3 nitrogen and oxygen atoms in total. The highest BCUT2D eigenvalue weighted by Crippen LogP contribution is 2.32. The molecule has 0 aromatic heterocycles. The van der Waals surface area contributed by atoms with Crippen LogP contribution < -0.4 is 11.1 Å². The lowest BCUT2D eigenvalue weighted by molar-refractivity contribution is -0.120. The van der Waals surface area contributed by atoms with E-state index < -0.39 is 0 Å². The minimum absolute atomic E-state index is 0.177. The highest BCUT2D eigenvalue weighted by Gasteiger charge is 2.27. The second-order valence-corrected chi connectivity index (χ2v) is 5.44. The Bertz CT molecular complexity index is 445. The Morgan fingerprint density at radius 3 is 2.44 bits per heavy atom. The van der Waals surface area contributed by atoms with Crippen LogP contribution in [0.2, 0.25) is 0 Å². The van der Waals surface area contributed by atoms with Gasteiger partial charge in [0.05, 0.1) is 6.04 Å². The predicted octanol–water partition coefficient (Wildman–Crippen LogP) is 1.93. The Labute approximate surface area is 109 Å². The van der Waals surface area contributed by atoms with Crippen molar-refractivity contribution in [3.05, 3.63) is 34.4 Å². The fourth-order valence-corrected chi connectivity index (χ4v) is 3.23. The average Bonchev–Trinajstić information content (AvgIpc) is 2.28. The van der Waals surface area contributed by atoms with E-state index >= 15 is 0 Å². The van der Waals surface area contributed by atoms with Crippen LogP contribution in [0.4, 0.5) is 0 Å². The maximum atomic E-state index is 11.3. The Kier molecular flexibility index (Phi) is 3.71. The standard InChI is InChI=1S/C15H22N2O/c1-9-6-10(2)14(11(3)7-9)12-4-5-17-13(8-12)15(16)18/h6-7,12-13,17H,4-5,8H2,1-3H3,(H2,16,18). The lowest BCUT2D eigenvalue weighted by Crippen LogP contribution is -2.46. The van der Waals surface area contributed by atoms with Gasteiger partial charge in [-0.15, -0.1) is 0 Å². The number of carbonyl (C=O) groups is 1. The van der Waals surface area contributed by atoms with E-state index in [2.05, 4.69) is 38.2 Å². The quantitative estimate of drug-likeness (QED) is 0.838. The molecule has 0 aliphatic carbocycles. The molecule has 3 N–H and O–H groups in total. The van der Waals surface area contributed by atoms with Crippen LogP contribution in [0.3, 0.4) is 0 Å². The van der Waals surface area contributed by atoms with Crippen molar-refractivity contribution in [3.63, 3.8) is 0 Å². The average molecular weight is 246 g/mol. The van der Waals surface area contributed by atoms with Crippen molar-refractivity contribution in [1.82, 2.24) is 5.32 Å². The summed E-state index contributed by atoms with van der Waals surface area (Å²) in [6.07, 6.45) is 1.90. The van der Waals surface area contributed by atoms with E-state index in [0.29, 0.717) is 5.92 Å². The van der Waals surface area contributed by atoms with Gasteiger partial charge in [0.1, 0.15) is 0 Å². The van der Waals surface area contributed by atoms with E-state index in [9.17, 15) is 4.79 Å². The van der Waals surface area contributed by atoms with Crippen LogP contribution in [0.25, 0.3) is 0 Å². The van der Waals surface area contributed by atoms with Crippen molar-refractivity contribution < 1.29 is 4.79 Å². The van der Waals surface area contributed by atoms with Crippen molar-refractivity contribution in [2.45, 2.75) is 45.6 Å². The van der Waals surface area contributed by atoms with Crippen LogP contribution in [-0.4, -0.2) is 18.5 Å². The van der Waals surface area contributed by atoms with Gasteiger partial charge >= 0.3 is 0 Å². The first-order valence-corrected chi connectivity index (χ1v) is 6.59. The Morgan fingerprint density at radius 2 is 1.89 bits per heavy atom. The molecular weight excluding hydrogens is 224 g/mol. The van der Waals surface area contributed by atoms with Gasteiger partial charge in [0.15, 0.2) is 0 Å². The molecule has 2 atom stereocenters. The number of nitrogens with two attached hydrogens (primary N) is 1. The van der Waals surface area contributed by atoms with Gasteiger partial charge in [0.25, 0.3) is 0 Å². The van der Waals surface area contributed by atoms with Crippen molar-refractivity contribution >= 4 is 5.91 Å². The zero-order chi connectivity index (χ0) is 13.3. The first-order valence-electron chi connectivity index (χ1n) is 6.59. The maximum absolute atomic E-state index is 11.3. The molecule has 0 spiro atoms. The highest BCUT2D eigenvalue weighted by atomic mass is 16.1. The lowest BCUT2D eigenvalue weighted by Gasteiger charge is -2.31. The number of aryl methyl sites for hydroxylation is 3.